The summed E-state index contributed by atoms with van der Waals surface area (Å²) in [6, 6.07) is 14.6. The lowest BCUT2D eigenvalue weighted by Gasteiger charge is -2.23. The molecule has 0 saturated heterocycles. The molecule has 8 heteroatoms. The highest BCUT2D eigenvalue weighted by Crippen LogP contribution is 2.33. The van der Waals surface area contributed by atoms with Crippen LogP contribution in [0.4, 0.5) is 5.69 Å². The van der Waals surface area contributed by atoms with Crippen LogP contribution < -0.4 is 20.9 Å². The van der Waals surface area contributed by atoms with E-state index in [0.29, 0.717) is 11.4 Å². The fourth-order valence-corrected chi connectivity index (χ4v) is 2.93. The molecular weight excluding hydrogens is 450 g/mol. The van der Waals surface area contributed by atoms with Crippen molar-refractivity contribution in [2.75, 3.05) is 11.9 Å². The van der Waals surface area contributed by atoms with Gasteiger partial charge in [-0.3, -0.25) is 25.2 Å². The lowest BCUT2D eigenvalue weighted by atomic mass is 9.86. The van der Waals surface area contributed by atoms with Crippen LogP contribution in [0.2, 0.25) is 0 Å². The summed E-state index contributed by atoms with van der Waals surface area (Å²) < 4.78 is 6.55. The minimum absolute atomic E-state index is 0.000926. The third-order valence-corrected chi connectivity index (χ3v) is 4.58. The molecule has 0 atom stereocenters. The molecule has 0 radical (unpaired) electrons. The number of benzene rings is 2. The average Bonchev–Trinajstić information content (AvgIpc) is 2.69. The molecule has 3 amide bonds. The zero-order valence-corrected chi connectivity index (χ0v) is 18.8. The van der Waals surface area contributed by atoms with Crippen LogP contribution in [0, 0.1) is 0 Å². The maximum atomic E-state index is 12.0. The number of anilines is 1. The van der Waals surface area contributed by atoms with Crippen LogP contribution in [-0.2, 0) is 19.8 Å². The lowest BCUT2D eigenvalue weighted by molar-refractivity contribution is -0.130. The standard InChI is InChI=1S/C22H26BrN3O4/c1-22(2,3)17-13-15(23)9-10-18(17)30-14-21(29)26-25-20(28)12-11-19(27)24-16-7-5-4-6-8-16/h4-10,13H,11-12,14H2,1-3H3,(H,24,27)(H,25,28)(H,26,29). The number of halogens is 1. The molecule has 0 aliphatic heterocycles. The molecule has 7 nitrogen and oxygen atoms in total. The van der Waals surface area contributed by atoms with E-state index in [1.165, 1.54) is 0 Å². The van der Waals surface area contributed by atoms with Crippen LogP contribution in [0.5, 0.6) is 5.75 Å². The predicted molar refractivity (Wildman–Crippen MR) is 119 cm³/mol. The first-order chi connectivity index (χ1) is 14.1. The van der Waals surface area contributed by atoms with E-state index in [4.69, 9.17) is 4.74 Å². The summed E-state index contributed by atoms with van der Waals surface area (Å²) in [5.74, 6) is -0.647. The van der Waals surface area contributed by atoms with E-state index in [1.807, 2.05) is 18.2 Å². The van der Waals surface area contributed by atoms with Crippen molar-refractivity contribution in [3.63, 3.8) is 0 Å². The van der Waals surface area contributed by atoms with Gasteiger partial charge < -0.3 is 10.1 Å². The summed E-state index contributed by atoms with van der Waals surface area (Å²) in [7, 11) is 0. The largest absolute Gasteiger partial charge is 0.483 e. The molecule has 3 N–H and O–H groups in total. The number of ether oxygens (including phenoxy) is 1. The van der Waals surface area contributed by atoms with E-state index in [-0.39, 0.29) is 30.8 Å². The van der Waals surface area contributed by atoms with Crippen molar-refractivity contribution in [3.8, 4) is 5.75 Å². The topological polar surface area (TPSA) is 96.5 Å². The average molecular weight is 476 g/mol. The second kappa shape index (κ2) is 10.8. The van der Waals surface area contributed by atoms with Crippen molar-refractivity contribution in [3.05, 3.63) is 58.6 Å². The number of hydrazine groups is 1. The van der Waals surface area contributed by atoms with Crippen molar-refractivity contribution in [2.24, 2.45) is 0 Å². The highest BCUT2D eigenvalue weighted by molar-refractivity contribution is 9.10. The summed E-state index contributed by atoms with van der Waals surface area (Å²) in [6.07, 6.45) is -0.0539. The zero-order chi connectivity index (χ0) is 22.1. The number of carbonyl (C=O) groups excluding carboxylic acids is 3. The molecule has 160 valence electrons. The normalized spacial score (nSPS) is 10.8. The Morgan fingerprint density at radius 1 is 0.900 bits per heavy atom. The van der Waals surface area contributed by atoms with Crippen molar-refractivity contribution >= 4 is 39.3 Å². The molecule has 2 aromatic rings. The molecule has 0 aliphatic carbocycles. The molecule has 0 heterocycles. The van der Waals surface area contributed by atoms with E-state index < -0.39 is 11.8 Å². The summed E-state index contributed by atoms with van der Waals surface area (Å²) in [6.45, 7) is 5.90. The van der Waals surface area contributed by atoms with Crippen LogP contribution in [0.3, 0.4) is 0 Å². The first kappa shape index (κ1) is 23.4. The van der Waals surface area contributed by atoms with Crippen LogP contribution >= 0.6 is 15.9 Å². The third kappa shape index (κ3) is 7.87. The van der Waals surface area contributed by atoms with Gasteiger partial charge in [-0.2, -0.15) is 0 Å². The van der Waals surface area contributed by atoms with Gasteiger partial charge in [0.1, 0.15) is 5.75 Å². The summed E-state index contributed by atoms with van der Waals surface area (Å²) in [5, 5.41) is 2.69. The van der Waals surface area contributed by atoms with Gasteiger partial charge in [0, 0.05) is 28.6 Å². The molecule has 2 rings (SSSR count). The molecular formula is C22H26BrN3O4. The number of para-hydroxylation sites is 1. The molecule has 0 unspecified atom stereocenters. The Balaban J connectivity index is 1.73. The second-order valence-corrected chi connectivity index (χ2v) is 8.61. The summed E-state index contributed by atoms with van der Waals surface area (Å²) >= 11 is 3.44. The first-order valence-corrected chi connectivity index (χ1v) is 10.3. The Bertz CT molecular complexity index is 895. The fourth-order valence-electron chi connectivity index (χ4n) is 2.57. The van der Waals surface area contributed by atoms with Gasteiger partial charge in [0.25, 0.3) is 5.91 Å². The Kier molecular flexibility index (Phi) is 8.41. The smallest absolute Gasteiger partial charge is 0.276 e. The fraction of sp³-hybridized carbons (Fsp3) is 0.318. The molecule has 0 bridgehead atoms. The molecule has 0 fully saturated rings. The van der Waals surface area contributed by atoms with Gasteiger partial charge in [-0.25, -0.2) is 0 Å². The van der Waals surface area contributed by atoms with Crippen LogP contribution in [0.15, 0.2) is 53.0 Å². The van der Waals surface area contributed by atoms with Gasteiger partial charge in [-0.1, -0.05) is 54.9 Å². The second-order valence-electron chi connectivity index (χ2n) is 7.69. The van der Waals surface area contributed by atoms with E-state index in [0.717, 1.165) is 10.0 Å². The van der Waals surface area contributed by atoms with E-state index in [9.17, 15) is 14.4 Å². The Morgan fingerprint density at radius 3 is 2.20 bits per heavy atom. The first-order valence-electron chi connectivity index (χ1n) is 9.50. The third-order valence-electron chi connectivity index (χ3n) is 4.09. The van der Waals surface area contributed by atoms with E-state index in [1.54, 1.807) is 30.3 Å². The van der Waals surface area contributed by atoms with Crippen LogP contribution in [0.1, 0.15) is 39.2 Å². The SMILES string of the molecule is CC(C)(C)c1cc(Br)ccc1OCC(=O)NNC(=O)CCC(=O)Nc1ccccc1. The minimum atomic E-state index is -0.500. The lowest BCUT2D eigenvalue weighted by Crippen LogP contribution is -2.44. The van der Waals surface area contributed by atoms with Crippen molar-refractivity contribution in [1.82, 2.24) is 10.9 Å². The zero-order valence-electron chi connectivity index (χ0n) is 17.3. The molecule has 0 saturated carbocycles. The molecule has 2 aromatic carbocycles. The molecule has 0 spiro atoms. The van der Waals surface area contributed by atoms with Gasteiger partial charge in [-0.05, 0) is 35.7 Å². The Hall–Kier alpha value is -2.87. The number of carbonyl (C=O) groups is 3. The van der Waals surface area contributed by atoms with Crippen LogP contribution in [-0.4, -0.2) is 24.3 Å². The minimum Gasteiger partial charge on any atom is -0.483 e. The van der Waals surface area contributed by atoms with Gasteiger partial charge >= 0.3 is 0 Å². The monoisotopic (exact) mass is 475 g/mol. The summed E-state index contributed by atoms with van der Waals surface area (Å²) in [4.78, 5) is 35.7. The maximum absolute atomic E-state index is 12.0. The van der Waals surface area contributed by atoms with Gasteiger partial charge in [0.15, 0.2) is 6.61 Å². The van der Waals surface area contributed by atoms with Crippen molar-refractivity contribution < 1.29 is 19.1 Å². The van der Waals surface area contributed by atoms with Crippen molar-refractivity contribution in [1.29, 1.82) is 0 Å². The van der Waals surface area contributed by atoms with E-state index >= 15 is 0 Å². The highest BCUT2D eigenvalue weighted by Gasteiger charge is 2.20. The number of hydrogen-bond acceptors (Lipinski definition) is 4. The maximum Gasteiger partial charge on any atom is 0.276 e. The van der Waals surface area contributed by atoms with Gasteiger partial charge in [0.05, 0.1) is 0 Å². The highest BCUT2D eigenvalue weighted by atomic mass is 79.9. The Labute approximate surface area is 184 Å². The predicted octanol–water partition coefficient (Wildman–Crippen LogP) is 3.69. The Morgan fingerprint density at radius 2 is 1.53 bits per heavy atom. The van der Waals surface area contributed by atoms with Crippen LogP contribution in [0.25, 0.3) is 0 Å². The van der Waals surface area contributed by atoms with Crippen molar-refractivity contribution in [2.45, 2.75) is 39.0 Å². The van der Waals surface area contributed by atoms with Gasteiger partial charge in [-0.15, -0.1) is 0 Å². The number of nitrogens with one attached hydrogen (secondary N) is 3. The molecule has 0 aromatic heterocycles. The molecule has 30 heavy (non-hydrogen) atoms. The number of amides is 3. The number of hydrogen-bond donors (Lipinski definition) is 3. The molecule has 0 aliphatic rings. The quantitative estimate of drug-likeness (QED) is 0.531. The van der Waals surface area contributed by atoms with E-state index in [2.05, 4.69) is 52.9 Å². The number of rotatable bonds is 7. The summed E-state index contributed by atoms with van der Waals surface area (Å²) in [5.41, 5.74) is 6.03. The van der Waals surface area contributed by atoms with Gasteiger partial charge in [0.2, 0.25) is 11.8 Å².